The van der Waals surface area contributed by atoms with Gasteiger partial charge in [0.2, 0.25) is 0 Å². The fraction of sp³-hybridized carbons (Fsp3) is 0.417. The average Bonchev–Trinajstić information content (AvgIpc) is 2.46. The van der Waals surface area contributed by atoms with Gasteiger partial charge in [0.15, 0.2) is 5.84 Å². The molecule has 1 aromatic carbocycles. The molecule has 0 amide bonds. The zero-order valence-corrected chi connectivity index (χ0v) is 10.3. The lowest BCUT2D eigenvalue weighted by atomic mass is 10.1. The molecule has 0 saturated carbocycles. The van der Waals surface area contributed by atoms with Gasteiger partial charge in [0, 0.05) is 24.7 Å². The van der Waals surface area contributed by atoms with Crippen LogP contribution in [0.2, 0.25) is 0 Å². The smallest absolute Gasteiger partial charge is 0.172 e. The molecule has 1 aromatic rings. The Hall–Kier alpha value is -1.95. The van der Waals surface area contributed by atoms with Crippen LogP contribution in [-0.2, 0) is 4.74 Å². The highest BCUT2D eigenvalue weighted by atomic mass is 16.5. The lowest BCUT2D eigenvalue weighted by Gasteiger charge is -2.30. The second-order valence-electron chi connectivity index (χ2n) is 3.97. The maximum absolute atomic E-state index is 8.83. The first-order chi connectivity index (χ1) is 8.76. The van der Waals surface area contributed by atoms with Crippen LogP contribution in [0.3, 0.4) is 0 Å². The fourth-order valence-electron chi connectivity index (χ4n) is 1.97. The van der Waals surface area contributed by atoms with Crippen molar-refractivity contribution in [3.8, 4) is 5.75 Å². The van der Waals surface area contributed by atoms with Gasteiger partial charge in [0.05, 0.1) is 26.0 Å². The van der Waals surface area contributed by atoms with Crippen molar-refractivity contribution in [2.24, 2.45) is 10.9 Å². The first-order valence-corrected chi connectivity index (χ1v) is 5.75. The van der Waals surface area contributed by atoms with Crippen molar-refractivity contribution in [2.45, 2.75) is 0 Å². The van der Waals surface area contributed by atoms with E-state index in [1.165, 1.54) is 0 Å². The van der Waals surface area contributed by atoms with E-state index in [1.807, 2.05) is 6.07 Å². The maximum atomic E-state index is 8.83. The molecule has 0 aliphatic carbocycles. The summed E-state index contributed by atoms with van der Waals surface area (Å²) < 4.78 is 10.5. The highest BCUT2D eigenvalue weighted by Crippen LogP contribution is 2.26. The summed E-state index contributed by atoms with van der Waals surface area (Å²) in [6.45, 7) is 2.90. The van der Waals surface area contributed by atoms with Gasteiger partial charge in [-0.2, -0.15) is 0 Å². The second kappa shape index (κ2) is 5.59. The fourth-order valence-corrected chi connectivity index (χ4v) is 1.97. The van der Waals surface area contributed by atoms with Gasteiger partial charge >= 0.3 is 0 Å². The number of rotatable bonds is 3. The van der Waals surface area contributed by atoms with Crippen molar-refractivity contribution in [3.05, 3.63) is 23.8 Å². The molecule has 6 nitrogen and oxygen atoms in total. The minimum atomic E-state index is 0.0964. The van der Waals surface area contributed by atoms with E-state index in [-0.39, 0.29) is 5.84 Å². The second-order valence-corrected chi connectivity index (χ2v) is 3.97. The van der Waals surface area contributed by atoms with Gasteiger partial charge in [-0.1, -0.05) is 5.16 Å². The number of nitrogens with two attached hydrogens (primary N) is 1. The molecule has 0 atom stereocenters. The van der Waals surface area contributed by atoms with Crippen molar-refractivity contribution in [1.82, 2.24) is 0 Å². The molecule has 2 rings (SSSR count). The molecular weight excluding hydrogens is 234 g/mol. The summed E-state index contributed by atoms with van der Waals surface area (Å²) in [5.74, 6) is 0.838. The maximum Gasteiger partial charge on any atom is 0.172 e. The van der Waals surface area contributed by atoms with Crippen LogP contribution in [0.1, 0.15) is 5.56 Å². The Morgan fingerprint density at radius 1 is 1.44 bits per heavy atom. The summed E-state index contributed by atoms with van der Waals surface area (Å²) in [5.41, 5.74) is 7.29. The summed E-state index contributed by atoms with van der Waals surface area (Å²) in [7, 11) is 1.61. The van der Waals surface area contributed by atoms with E-state index in [4.69, 9.17) is 20.4 Å². The lowest BCUT2D eigenvalue weighted by Crippen LogP contribution is -2.37. The van der Waals surface area contributed by atoms with Crippen LogP contribution >= 0.6 is 0 Å². The number of anilines is 1. The normalized spacial score (nSPS) is 16.7. The summed E-state index contributed by atoms with van der Waals surface area (Å²) in [6, 6.07) is 5.47. The Kier molecular flexibility index (Phi) is 3.88. The molecule has 98 valence electrons. The predicted molar refractivity (Wildman–Crippen MR) is 68.5 cm³/mol. The van der Waals surface area contributed by atoms with Crippen LogP contribution < -0.4 is 15.4 Å². The highest BCUT2D eigenvalue weighted by Gasteiger charge is 2.17. The minimum Gasteiger partial charge on any atom is -0.497 e. The number of morpholine rings is 1. The Balaban J connectivity index is 2.39. The summed E-state index contributed by atoms with van der Waals surface area (Å²) in [4.78, 5) is 2.14. The zero-order chi connectivity index (χ0) is 13.0. The van der Waals surface area contributed by atoms with E-state index in [0.717, 1.165) is 24.5 Å². The number of amidine groups is 1. The number of ether oxygens (including phenoxy) is 2. The highest BCUT2D eigenvalue weighted by molar-refractivity contribution is 6.02. The van der Waals surface area contributed by atoms with Gasteiger partial charge in [0.25, 0.3) is 0 Å². The van der Waals surface area contributed by atoms with E-state index in [0.29, 0.717) is 18.8 Å². The predicted octanol–water partition coefficient (Wildman–Crippen LogP) is 0.626. The third-order valence-electron chi connectivity index (χ3n) is 2.94. The molecule has 1 saturated heterocycles. The molecule has 0 unspecified atom stereocenters. The van der Waals surface area contributed by atoms with Crippen LogP contribution in [0.15, 0.2) is 23.4 Å². The molecule has 1 heterocycles. The third kappa shape index (κ3) is 2.48. The third-order valence-corrected chi connectivity index (χ3v) is 2.94. The van der Waals surface area contributed by atoms with Crippen molar-refractivity contribution in [3.63, 3.8) is 0 Å². The molecule has 3 N–H and O–H groups in total. The van der Waals surface area contributed by atoms with Gasteiger partial charge in [-0.3, -0.25) is 0 Å². The first kappa shape index (κ1) is 12.5. The molecule has 1 aliphatic rings. The molecule has 1 aliphatic heterocycles. The van der Waals surface area contributed by atoms with Gasteiger partial charge in [-0.05, 0) is 12.1 Å². The minimum absolute atomic E-state index is 0.0964. The lowest BCUT2D eigenvalue weighted by molar-refractivity contribution is 0.122. The molecule has 1 fully saturated rings. The zero-order valence-electron chi connectivity index (χ0n) is 10.3. The van der Waals surface area contributed by atoms with Crippen LogP contribution in [0.4, 0.5) is 5.69 Å². The first-order valence-electron chi connectivity index (χ1n) is 5.75. The molecule has 6 heteroatoms. The van der Waals surface area contributed by atoms with Gasteiger partial charge in [-0.25, -0.2) is 0 Å². The van der Waals surface area contributed by atoms with Gasteiger partial charge in [0.1, 0.15) is 5.75 Å². The van der Waals surface area contributed by atoms with Crippen LogP contribution in [0.25, 0.3) is 0 Å². The summed E-state index contributed by atoms with van der Waals surface area (Å²) in [5, 5.41) is 11.9. The monoisotopic (exact) mass is 251 g/mol. The standard InChI is InChI=1S/C12H17N3O3/c1-17-9-2-3-10(12(13)14-16)11(8-9)15-4-6-18-7-5-15/h2-3,8,16H,4-7H2,1H3,(H2,13,14). The van der Waals surface area contributed by atoms with E-state index >= 15 is 0 Å². The average molecular weight is 251 g/mol. The van der Waals surface area contributed by atoms with E-state index in [1.54, 1.807) is 19.2 Å². The summed E-state index contributed by atoms with van der Waals surface area (Å²) in [6.07, 6.45) is 0. The Labute approximate surface area is 106 Å². The Morgan fingerprint density at radius 2 is 2.17 bits per heavy atom. The number of hydrogen-bond donors (Lipinski definition) is 2. The molecule has 0 bridgehead atoms. The molecule has 18 heavy (non-hydrogen) atoms. The Morgan fingerprint density at radius 3 is 2.78 bits per heavy atom. The van der Waals surface area contributed by atoms with E-state index in [2.05, 4.69) is 10.1 Å². The number of nitrogens with zero attached hydrogens (tertiary/aromatic N) is 2. The van der Waals surface area contributed by atoms with Crippen molar-refractivity contribution in [1.29, 1.82) is 0 Å². The van der Waals surface area contributed by atoms with Gasteiger partial charge in [-0.15, -0.1) is 0 Å². The molecular formula is C12H17N3O3. The molecule has 0 radical (unpaired) electrons. The van der Waals surface area contributed by atoms with Crippen LogP contribution in [0, 0.1) is 0 Å². The van der Waals surface area contributed by atoms with Crippen LogP contribution in [-0.4, -0.2) is 44.5 Å². The van der Waals surface area contributed by atoms with E-state index in [9.17, 15) is 0 Å². The quantitative estimate of drug-likeness (QED) is 0.356. The topological polar surface area (TPSA) is 80.3 Å². The van der Waals surface area contributed by atoms with Gasteiger partial charge < -0.3 is 25.3 Å². The largest absolute Gasteiger partial charge is 0.497 e. The Bertz CT molecular complexity index is 442. The number of oxime groups is 1. The number of methoxy groups -OCH3 is 1. The van der Waals surface area contributed by atoms with Crippen LogP contribution in [0.5, 0.6) is 5.75 Å². The summed E-state index contributed by atoms with van der Waals surface area (Å²) >= 11 is 0. The van der Waals surface area contributed by atoms with E-state index < -0.39 is 0 Å². The van der Waals surface area contributed by atoms with Crippen molar-refractivity contribution in [2.75, 3.05) is 38.3 Å². The SMILES string of the molecule is COc1ccc(/C(N)=N/O)c(N2CCOCC2)c1. The number of hydrogen-bond acceptors (Lipinski definition) is 5. The van der Waals surface area contributed by atoms with Crippen molar-refractivity contribution >= 4 is 11.5 Å². The number of benzene rings is 1. The molecule has 0 aromatic heterocycles. The molecule has 0 spiro atoms. The van der Waals surface area contributed by atoms with Crippen molar-refractivity contribution < 1.29 is 14.7 Å².